The molecule has 0 aliphatic rings. The van der Waals surface area contributed by atoms with Gasteiger partial charge in [-0.2, -0.15) is 0 Å². The van der Waals surface area contributed by atoms with E-state index in [0.29, 0.717) is 26.4 Å². The molecular weight excluding hydrogens is 199 g/mol. The van der Waals surface area contributed by atoms with Crippen LogP contribution in [0.5, 0.6) is 5.75 Å². The van der Waals surface area contributed by atoms with Crippen LogP contribution >= 0.6 is 0 Å². The van der Waals surface area contributed by atoms with Gasteiger partial charge in [0.1, 0.15) is 6.61 Å². The maximum Gasteiger partial charge on any atom is 0.172 e. The standard InChI is InChI=1S/C11H14FO3/c1-13-6-7-14-8-9-15-11-5-3-2-4-10(11)12/h2-3,5H,6-9H2,1H3. The van der Waals surface area contributed by atoms with E-state index in [1.165, 1.54) is 6.07 Å². The van der Waals surface area contributed by atoms with Crippen LogP contribution < -0.4 is 4.74 Å². The Morgan fingerprint density at radius 3 is 2.80 bits per heavy atom. The van der Waals surface area contributed by atoms with Crippen molar-refractivity contribution in [1.29, 1.82) is 0 Å². The maximum absolute atomic E-state index is 13.0. The number of halogens is 1. The van der Waals surface area contributed by atoms with E-state index in [9.17, 15) is 4.39 Å². The van der Waals surface area contributed by atoms with Gasteiger partial charge in [0.05, 0.1) is 19.8 Å². The van der Waals surface area contributed by atoms with Gasteiger partial charge in [0.2, 0.25) is 0 Å². The Kier molecular flexibility index (Phi) is 5.73. The zero-order valence-electron chi connectivity index (χ0n) is 8.66. The van der Waals surface area contributed by atoms with Crippen molar-refractivity contribution in [3.8, 4) is 5.75 Å². The van der Waals surface area contributed by atoms with Gasteiger partial charge >= 0.3 is 0 Å². The zero-order chi connectivity index (χ0) is 10.9. The molecule has 3 nitrogen and oxygen atoms in total. The highest BCUT2D eigenvalue weighted by Crippen LogP contribution is 2.14. The summed E-state index contributed by atoms with van der Waals surface area (Å²) in [7, 11) is 1.61. The Hall–Kier alpha value is -1.13. The van der Waals surface area contributed by atoms with Crippen molar-refractivity contribution in [2.24, 2.45) is 0 Å². The van der Waals surface area contributed by atoms with Crippen molar-refractivity contribution < 1.29 is 18.6 Å². The van der Waals surface area contributed by atoms with Gasteiger partial charge in [0, 0.05) is 13.2 Å². The molecule has 15 heavy (non-hydrogen) atoms. The topological polar surface area (TPSA) is 27.7 Å². The molecule has 0 atom stereocenters. The number of methoxy groups -OCH3 is 1. The quantitative estimate of drug-likeness (QED) is 0.645. The summed E-state index contributed by atoms with van der Waals surface area (Å²) >= 11 is 0. The van der Waals surface area contributed by atoms with E-state index in [2.05, 4.69) is 6.07 Å². The molecule has 83 valence electrons. The Morgan fingerprint density at radius 2 is 2.07 bits per heavy atom. The van der Waals surface area contributed by atoms with Crippen molar-refractivity contribution in [2.75, 3.05) is 33.5 Å². The molecule has 0 heterocycles. The van der Waals surface area contributed by atoms with Gasteiger partial charge in [-0.15, -0.1) is 0 Å². The van der Waals surface area contributed by atoms with Crippen molar-refractivity contribution in [3.05, 3.63) is 30.1 Å². The third-order valence-electron chi connectivity index (χ3n) is 1.69. The minimum absolute atomic E-state index is 0.202. The molecule has 1 rings (SSSR count). The van der Waals surface area contributed by atoms with E-state index in [-0.39, 0.29) is 5.75 Å². The first kappa shape index (κ1) is 11.9. The Bertz CT molecular complexity index is 278. The van der Waals surface area contributed by atoms with Crippen molar-refractivity contribution >= 4 is 0 Å². The molecule has 0 aliphatic carbocycles. The fraction of sp³-hybridized carbons (Fsp3) is 0.455. The summed E-state index contributed by atoms with van der Waals surface area (Å²) in [5, 5.41) is 0. The summed E-state index contributed by atoms with van der Waals surface area (Å²) < 4.78 is 28.1. The van der Waals surface area contributed by atoms with Crippen molar-refractivity contribution in [2.45, 2.75) is 0 Å². The van der Waals surface area contributed by atoms with Crippen LogP contribution in [0.15, 0.2) is 18.2 Å². The third kappa shape index (κ3) is 4.76. The molecule has 1 aromatic rings. The second-order valence-corrected chi connectivity index (χ2v) is 2.80. The first-order valence-corrected chi connectivity index (χ1v) is 4.70. The smallest absolute Gasteiger partial charge is 0.172 e. The molecule has 1 radical (unpaired) electrons. The molecule has 1 aromatic carbocycles. The molecule has 0 bridgehead atoms. The lowest BCUT2D eigenvalue weighted by Crippen LogP contribution is -2.10. The zero-order valence-corrected chi connectivity index (χ0v) is 8.66. The predicted molar refractivity (Wildman–Crippen MR) is 53.4 cm³/mol. The van der Waals surface area contributed by atoms with Crippen LogP contribution in [0.3, 0.4) is 0 Å². The van der Waals surface area contributed by atoms with E-state index in [0.717, 1.165) is 0 Å². The molecule has 0 aromatic heterocycles. The van der Waals surface area contributed by atoms with Crippen LogP contribution in [0.1, 0.15) is 0 Å². The molecule has 0 N–H and O–H groups in total. The molecule has 0 spiro atoms. The SMILES string of the molecule is COCCOCCOc1ccc[c]c1F. The number of rotatable bonds is 7. The molecule has 0 aliphatic heterocycles. The maximum atomic E-state index is 13.0. The average molecular weight is 213 g/mol. The van der Waals surface area contributed by atoms with Gasteiger partial charge in [-0.05, 0) is 6.07 Å². The normalized spacial score (nSPS) is 10.3. The van der Waals surface area contributed by atoms with Gasteiger partial charge < -0.3 is 14.2 Å². The average Bonchev–Trinajstić information content (AvgIpc) is 2.25. The van der Waals surface area contributed by atoms with Crippen molar-refractivity contribution in [1.82, 2.24) is 0 Å². The van der Waals surface area contributed by atoms with E-state index >= 15 is 0 Å². The van der Waals surface area contributed by atoms with Crippen LogP contribution in [-0.2, 0) is 9.47 Å². The third-order valence-corrected chi connectivity index (χ3v) is 1.69. The first-order valence-electron chi connectivity index (χ1n) is 4.70. The van der Waals surface area contributed by atoms with Gasteiger partial charge in [-0.25, -0.2) is 4.39 Å². The van der Waals surface area contributed by atoms with Gasteiger partial charge in [0.15, 0.2) is 11.6 Å². The number of hydrogen-bond acceptors (Lipinski definition) is 3. The first-order chi connectivity index (χ1) is 7.34. The molecule has 4 heteroatoms. The minimum atomic E-state index is -0.477. The van der Waals surface area contributed by atoms with Crippen LogP contribution in [0.4, 0.5) is 4.39 Å². The van der Waals surface area contributed by atoms with E-state index < -0.39 is 5.82 Å². The monoisotopic (exact) mass is 213 g/mol. The second-order valence-electron chi connectivity index (χ2n) is 2.80. The highest BCUT2D eigenvalue weighted by molar-refractivity contribution is 5.22. The van der Waals surface area contributed by atoms with Crippen LogP contribution in [0.2, 0.25) is 0 Å². The summed E-state index contributed by atoms with van der Waals surface area (Å²) in [6.45, 7) is 1.80. The molecule has 0 unspecified atom stereocenters. The molecule has 0 fully saturated rings. The second kappa shape index (κ2) is 7.20. The summed E-state index contributed by atoms with van der Waals surface area (Å²) in [6.07, 6.45) is 0. The van der Waals surface area contributed by atoms with Gasteiger partial charge in [-0.1, -0.05) is 12.1 Å². The molecule has 0 amide bonds. The number of benzene rings is 1. The van der Waals surface area contributed by atoms with E-state index in [1.807, 2.05) is 0 Å². The summed E-state index contributed by atoms with van der Waals surface area (Å²) in [4.78, 5) is 0. The van der Waals surface area contributed by atoms with Crippen LogP contribution in [0, 0.1) is 11.9 Å². The molecule has 0 saturated carbocycles. The lowest BCUT2D eigenvalue weighted by molar-refractivity contribution is 0.0538. The Labute approximate surface area is 88.8 Å². The van der Waals surface area contributed by atoms with Gasteiger partial charge in [0.25, 0.3) is 0 Å². The van der Waals surface area contributed by atoms with E-state index in [4.69, 9.17) is 14.2 Å². The highest BCUT2D eigenvalue weighted by atomic mass is 19.1. The Balaban J connectivity index is 2.12. The molecule has 0 saturated heterocycles. The highest BCUT2D eigenvalue weighted by Gasteiger charge is 2.00. The molecular formula is C11H14FO3. The van der Waals surface area contributed by atoms with Crippen molar-refractivity contribution in [3.63, 3.8) is 0 Å². The van der Waals surface area contributed by atoms with Crippen LogP contribution in [0.25, 0.3) is 0 Å². The predicted octanol–water partition coefficient (Wildman–Crippen LogP) is 1.67. The number of hydrogen-bond donors (Lipinski definition) is 0. The Morgan fingerprint density at radius 1 is 1.27 bits per heavy atom. The van der Waals surface area contributed by atoms with Crippen LogP contribution in [-0.4, -0.2) is 33.5 Å². The largest absolute Gasteiger partial charge is 0.488 e. The van der Waals surface area contributed by atoms with Gasteiger partial charge in [-0.3, -0.25) is 0 Å². The minimum Gasteiger partial charge on any atom is -0.488 e. The number of ether oxygens (including phenoxy) is 3. The van der Waals surface area contributed by atoms with E-state index in [1.54, 1.807) is 19.2 Å². The lowest BCUT2D eigenvalue weighted by Gasteiger charge is -2.07. The summed E-state index contributed by atoms with van der Waals surface area (Å²) in [5.41, 5.74) is 0. The lowest BCUT2D eigenvalue weighted by atomic mass is 10.3. The fourth-order valence-corrected chi connectivity index (χ4v) is 0.967. The summed E-state index contributed by atoms with van der Waals surface area (Å²) in [6, 6.07) is 7.13. The summed E-state index contributed by atoms with van der Waals surface area (Å²) in [5.74, 6) is -0.276. The fourth-order valence-electron chi connectivity index (χ4n) is 0.967.